The number of aromatic nitrogens is 2. The van der Waals surface area contributed by atoms with E-state index in [2.05, 4.69) is 5.10 Å². The van der Waals surface area contributed by atoms with Gasteiger partial charge in [0.25, 0.3) is 0 Å². The van der Waals surface area contributed by atoms with E-state index in [1.165, 1.54) is 0 Å². The molecule has 1 heterocycles. The Labute approximate surface area is 78.1 Å². The highest BCUT2D eigenvalue weighted by molar-refractivity contribution is 5.81. The molecular formula is C10H14N2O. The van der Waals surface area contributed by atoms with Gasteiger partial charge in [0, 0.05) is 18.3 Å². The van der Waals surface area contributed by atoms with Crippen molar-refractivity contribution in [3.8, 4) is 0 Å². The lowest BCUT2D eigenvalue weighted by Gasteiger charge is -1.94. The Balaban J connectivity index is 3.21. The third kappa shape index (κ3) is 1.86. The number of aldehydes is 1. The average molecular weight is 178 g/mol. The number of aryl methyl sites for hydroxylation is 2. The fourth-order valence-corrected chi connectivity index (χ4v) is 1.26. The third-order valence-corrected chi connectivity index (χ3v) is 2.12. The second-order valence-electron chi connectivity index (χ2n) is 3.21. The van der Waals surface area contributed by atoms with Crippen LogP contribution in [0, 0.1) is 13.8 Å². The number of carbonyl (C=O) groups excluding carboxylic acids is 1. The van der Waals surface area contributed by atoms with Crippen LogP contribution in [0.1, 0.15) is 23.9 Å². The van der Waals surface area contributed by atoms with E-state index < -0.39 is 0 Å². The maximum atomic E-state index is 10.4. The predicted molar refractivity (Wildman–Crippen MR) is 52.4 cm³/mol. The van der Waals surface area contributed by atoms with Crippen molar-refractivity contribution in [2.45, 2.75) is 20.8 Å². The number of rotatable bonds is 2. The van der Waals surface area contributed by atoms with Gasteiger partial charge in [-0.25, -0.2) is 0 Å². The van der Waals surface area contributed by atoms with Gasteiger partial charge in [-0.3, -0.25) is 9.48 Å². The lowest BCUT2D eigenvalue weighted by molar-refractivity contribution is -0.104. The van der Waals surface area contributed by atoms with Crippen LogP contribution in [0.15, 0.2) is 5.57 Å². The minimum atomic E-state index is 0.721. The fourth-order valence-electron chi connectivity index (χ4n) is 1.26. The highest BCUT2D eigenvalue weighted by Crippen LogP contribution is 2.14. The molecule has 0 atom stereocenters. The Morgan fingerprint density at radius 3 is 2.46 bits per heavy atom. The highest BCUT2D eigenvalue weighted by Gasteiger charge is 2.06. The zero-order valence-corrected chi connectivity index (χ0v) is 8.46. The summed E-state index contributed by atoms with van der Waals surface area (Å²) < 4.78 is 1.82. The zero-order chi connectivity index (χ0) is 10.0. The summed E-state index contributed by atoms with van der Waals surface area (Å²) in [5.74, 6) is 0. The van der Waals surface area contributed by atoms with E-state index in [-0.39, 0.29) is 0 Å². The summed E-state index contributed by atoms with van der Waals surface area (Å²) >= 11 is 0. The first-order valence-electron chi connectivity index (χ1n) is 4.20. The van der Waals surface area contributed by atoms with Gasteiger partial charge in [0.15, 0.2) is 0 Å². The molecule has 0 aliphatic heterocycles. The van der Waals surface area contributed by atoms with Gasteiger partial charge in [0.1, 0.15) is 6.29 Å². The Kier molecular flexibility index (Phi) is 2.66. The molecule has 1 aromatic rings. The summed E-state index contributed by atoms with van der Waals surface area (Å²) in [6.07, 6.45) is 2.72. The van der Waals surface area contributed by atoms with Crippen LogP contribution in [0.2, 0.25) is 0 Å². The van der Waals surface area contributed by atoms with Crippen LogP contribution in [0.5, 0.6) is 0 Å². The standard InChI is InChI=1S/C10H14N2O/c1-7(6-13)5-10-8(2)11-12(4)9(10)3/h5-6H,1-4H3. The molecule has 0 bridgehead atoms. The highest BCUT2D eigenvalue weighted by atomic mass is 16.1. The van der Waals surface area contributed by atoms with E-state index >= 15 is 0 Å². The van der Waals surface area contributed by atoms with E-state index in [0.29, 0.717) is 0 Å². The molecule has 3 heteroatoms. The van der Waals surface area contributed by atoms with Gasteiger partial charge >= 0.3 is 0 Å². The van der Waals surface area contributed by atoms with Gasteiger partial charge in [-0.05, 0) is 32.4 Å². The first-order chi connectivity index (χ1) is 6.06. The molecule has 0 fully saturated rings. The smallest absolute Gasteiger partial charge is 0.145 e. The van der Waals surface area contributed by atoms with E-state index in [9.17, 15) is 4.79 Å². The summed E-state index contributed by atoms with van der Waals surface area (Å²) in [5.41, 5.74) is 3.81. The molecule has 70 valence electrons. The summed E-state index contributed by atoms with van der Waals surface area (Å²) in [7, 11) is 1.90. The number of hydrogen-bond donors (Lipinski definition) is 0. The first kappa shape index (κ1) is 9.71. The summed E-state index contributed by atoms with van der Waals surface area (Å²) in [6.45, 7) is 5.72. The van der Waals surface area contributed by atoms with Crippen LogP contribution in [0.3, 0.4) is 0 Å². The third-order valence-electron chi connectivity index (χ3n) is 2.12. The van der Waals surface area contributed by atoms with E-state index in [0.717, 1.165) is 28.8 Å². The minimum absolute atomic E-state index is 0.721. The van der Waals surface area contributed by atoms with Crippen LogP contribution < -0.4 is 0 Å². The predicted octanol–water partition coefficient (Wildman–Crippen LogP) is 1.64. The Hall–Kier alpha value is -1.38. The normalized spacial score (nSPS) is 11.8. The second-order valence-corrected chi connectivity index (χ2v) is 3.21. The largest absolute Gasteiger partial charge is 0.298 e. The zero-order valence-electron chi connectivity index (χ0n) is 8.46. The first-order valence-corrected chi connectivity index (χ1v) is 4.20. The molecule has 0 saturated carbocycles. The van der Waals surface area contributed by atoms with Crippen molar-refractivity contribution in [3.63, 3.8) is 0 Å². The van der Waals surface area contributed by atoms with Gasteiger partial charge in [-0.1, -0.05) is 0 Å². The summed E-state index contributed by atoms with van der Waals surface area (Å²) in [4.78, 5) is 10.4. The van der Waals surface area contributed by atoms with Gasteiger partial charge in [0.2, 0.25) is 0 Å². The average Bonchev–Trinajstić information content (AvgIpc) is 2.32. The van der Waals surface area contributed by atoms with Crippen LogP contribution in [-0.4, -0.2) is 16.1 Å². The van der Waals surface area contributed by atoms with E-state index in [1.54, 1.807) is 6.92 Å². The number of carbonyl (C=O) groups is 1. The molecule has 0 N–H and O–H groups in total. The van der Waals surface area contributed by atoms with E-state index in [4.69, 9.17) is 0 Å². The van der Waals surface area contributed by atoms with Gasteiger partial charge in [-0.15, -0.1) is 0 Å². The topological polar surface area (TPSA) is 34.9 Å². The van der Waals surface area contributed by atoms with Crippen molar-refractivity contribution < 1.29 is 4.79 Å². The SMILES string of the molecule is CC(C=O)=Cc1c(C)nn(C)c1C. The lowest BCUT2D eigenvalue weighted by Crippen LogP contribution is -1.92. The molecule has 0 spiro atoms. The van der Waals surface area contributed by atoms with Crippen molar-refractivity contribution in [2.75, 3.05) is 0 Å². The molecule has 3 nitrogen and oxygen atoms in total. The molecule has 0 aliphatic carbocycles. The Bertz CT molecular complexity index is 361. The molecule has 0 amide bonds. The number of allylic oxidation sites excluding steroid dienone is 1. The Morgan fingerprint density at radius 2 is 2.08 bits per heavy atom. The number of nitrogens with zero attached hydrogens (tertiary/aromatic N) is 2. The van der Waals surface area contributed by atoms with Crippen molar-refractivity contribution >= 4 is 12.4 Å². The quantitative estimate of drug-likeness (QED) is 0.509. The fraction of sp³-hybridized carbons (Fsp3) is 0.400. The lowest BCUT2D eigenvalue weighted by atomic mass is 10.1. The van der Waals surface area contributed by atoms with Crippen LogP contribution >= 0.6 is 0 Å². The minimum Gasteiger partial charge on any atom is -0.298 e. The van der Waals surface area contributed by atoms with Crippen molar-refractivity contribution in [1.82, 2.24) is 9.78 Å². The summed E-state index contributed by atoms with van der Waals surface area (Å²) in [6, 6.07) is 0. The van der Waals surface area contributed by atoms with Crippen LogP contribution in [0.4, 0.5) is 0 Å². The van der Waals surface area contributed by atoms with Gasteiger partial charge < -0.3 is 0 Å². The monoisotopic (exact) mass is 178 g/mol. The second kappa shape index (κ2) is 3.56. The molecule has 1 rings (SSSR count). The number of hydrogen-bond acceptors (Lipinski definition) is 2. The Morgan fingerprint density at radius 1 is 1.46 bits per heavy atom. The van der Waals surface area contributed by atoms with Crippen LogP contribution in [0.25, 0.3) is 6.08 Å². The maximum Gasteiger partial charge on any atom is 0.145 e. The van der Waals surface area contributed by atoms with Crippen LogP contribution in [-0.2, 0) is 11.8 Å². The molecule has 13 heavy (non-hydrogen) atoms. The molecule has 0 saturated heterocycles. The van der Waals surface area contributed by atoms with Gasteiger partial charge in [0.05, 0.1) is 5.69 Å². The molecule has 0 radical (unpaired) electrons. The van der Waals surface area contributed by atoms with E-state index in [1.807, 2.05) is 31.7 Å². The van der Waals surface area contributed by atoms with Gasteiger partial charge in [-0.2, -0.15) is 5.10 Å². The maximum absolute atomic E-state index is 10.4. The molecular weight excluding hydrogens is 164 g/mol. The van der Waals surface area contributed by atoms with Crippen molar-refractivity contribution in [3.05, 3.63) is 22.5 Å². The van der Waals surface area contributed by atoms with Crippen molar-refractivity contribution in [2.24, 2.45) is 7.05 Å². The molecule has 0 aromatic carbocycles. The molecule has 1 aromatic heterocycles. The summed E-state index contributed by atoms with van der Waals surface area (Å²) in [5, 5.41) is 4.25. The van der Waals surface area contributed by atoms with Crippen molar-refractivity contribution in [1.29, 1.82) is 0 Å². The molecule has 0 unspecified atom stereocenters. The molecule has 0 aliphatic rings.